The van der Waals surface area contributed by atoms with E-state index in [1.54, 1.807) is 18.3 Å². The molecule has 1 aliphatic rings. The maximum atomic E-state index is 12.0. The van der Waals surface area contributed by atoms with Crippen LogP contribution in [0.5, 0.6) is 0 Å². The molecule has 0 spiro atoms. The molecular weight excluding hydrogens is 458 g/mol. The van der Waals surface area contributed by atoms with E-state index in [-0.39, 0.29) is 0 Å². The van der Waals surface area contributed by atoms with Gasteiger partial charge in [0.1, 0.15) is 16.9 Å². The lowest BCUT2D eigenvalue weighted by Gasteiger charge is -2.16. The van der Waals surface area contributed by atoms with E-state index in [1.807, 2.05) is 47.9 Å². The highest BCUT2D eigenvalue weighted by Gasteiger charge is 2.36. The summed E-state index contributed by atoms with van der Waals surface area (Å²) in [4.78, 5) is 18.3. The summed E-state index contributed by atoms with van der Waals surface area (Å²) in [6.45, 7) is 9.82. The highest BCUT2D eigenvalue weighted by Crippen LogP contribution is 2.40. The van der Waals surface area contributed by atoms with Crippen LogP contribution in [0.2, 0.25) is 0 Å². The number of benzene rings is 2. The Bertz CT molecular complexity index is 1470. The molecule has 0 saturated heterocycles. The molecule has 0 radical (unpaired) electrons. The molecule has 2 atom stereocenters. The van der Waals surface area contributed by atoms with Gasteiger partial charge in [0.25, 0.3) is 0 Å². The fourth-order valence-corrected chi connectivity index (χ4v) is 5.63. The minimum Gasteiger partial charge on any atom is -0.481 e. The summed E-state index contributed by atoms with van der Waals surface area (Å²) < 4.78 is 1.98. The first-order valence-electron chi connectivity index (χ1n) is 11.5. The van der Waals surface area contributed by atoms with Crippen LogP contribution in [-0.2, 0) is 4.79 Å². The number of nitrogens with zero attached hydrogens (tertiary/aromatic N) is 4. The first kappa shape index (κ1) is 23.0. The summed E-state index contributed by atoms with van der Waals surface area (Å²) in [5.41, 5.74) is 7.05. The maximum Gasteiger partial charge on any atom is 0.308 e. The molecule has 0 saturated carbocycles. The zero-order chi connectivity index (χ0) is 24.9. The topological polar surface area (TPSA) is 92.4 Å². The van der Waals surface area contributed by atoms with Crippen molar-refractivity contribution in [3.63, 3.8) is 0 Å². The third kappa shape index (κ3) is 4.04. The average molecular weight is 486 g/mol. The van der Waals surface area contributed by atoms with Gasteiger partial charge in [0.15, 0.2) is 5.82 Å². The highest BCUT2D eigenvalue weighted by molar-refractivity contribution is 7.15. The fraction of sp³-hybridized carbons (Fsp3) is 0.259. The van der Waals surface area contributed by atoms with Crippen LogP contribution in [-0.4, -0.2) is 31.6 Å². The molecule has 2 N–H and O–H groups in total. The van der Waals surface area contributed by atoms with Crippen molar-refractivity contribution in [1.82, 2.24) is 14.8 Å². The summed E-state index contributed by atoms with van der Waals surface area (Å²) in [5, 5.41) is 22.9. The van der Waals surface area contributed by atoms with Gasteiger partial charge in [0.05, 0.1) is 11.6 Å². The fourth-order valence-electron chi connectivity index (χ4n) is 4.42. The highest BCUT2D eigenvalue weighted by atomic mass is 32.1. The summed E-state index contributed by atoms with van der Waals surface area (Å²) >= 11 is 1.66. The Morgan fingerprint density at radius 2 is 1.80 bits per heavy atom. The van der Waals surface area contributed by atoms with E-state index < -0.39 is 17.9 Å². The average Bonchev–Trinajstić information content (AvgIpc) is 3.29. The van der Waals surface area contributed by atoms with Crippen LogP contribution >= 0.6 is 11.3 Å². The number of rotatable bonds is 5. The Hall–Kier alpha value is -3.78. The van der Waals surface area contributed by atoms with Crippen LogP contribution in [0.4, 0.5) is 11.4 Å². The van der Waals surface area contributed by atoms with Gasteiger partial charge in [0, 0.05) is 27.4 Å². The number of fused-ring (bicyclic) bond motifs is 3. The van der Waals surface area contributed by atoms with Gasteiger partial charge in [-0.2, -0.15) is 0 Å². The lowest BCUT2D eigenvalue weighted by atomic mass is 9.98. The molecule has 35 heavy (non-hydrogen) atoms. The van der Waals surface area contributed by atoms with E-state index in [1.165, 1.54) is 10.4 Å². The zero-order valence-corrected chi connectivity index (χ0v) is 21.1. The maximum absolute atomic E-state index is 12.0. The minimum atomic E-state index is -0.916. The van der Waals surface area contributed by atoms with Gasteiger partial charge in [-0.1, -0.05) is 24.3 Å². The van der Waals surface area contributed by atoms with Crippen LogP contribution in [0.25, 0.3) is 5.00 Å². The van der Waals surface area contributed by atoms with E-state index in [0.29, 0.717) is 5.82 Å². The smallest absolute Gasteiger partial charge is 0.308 e. The van der Waals surface area contributed by atoms with Gasteiger partial charge in [0.2, 0.25) is 0 Å². The number of aryl methyl sites for hydroxylation is 3. The van der Waals surface area contributed by atoms with E-state index >= 15 is 0 Å². The number of carboxylic acid groups (broad SMARTS) is 1. The van der Waals surface area contributed by atoms with E-state index in [2.05, 4.69) is 48.4 Å². The standard InChI is InChI=1S/C27H27N5O2S/c1-14-7-6-8-21(13-14)28-20-11-9-19(10-12-20)24-22-15(2)17(4)35-26(22)32-18(5)30-31-25(32)23(29-24)16(3)27(33)34/h6-13,16,23,28H,1-5H3,(H,33,34)/t16-,23?/m0/s1. The first-order chi connectivity index (χ1) is 16.7. The molecule has 178 valence electrons. The number of hydrogen-bond acceptors (Lipinski definition) is 6. The lowest BCUT2D eigenvalue weighted by molar-refractivity contribution is -0.141. The molecule has 0 bridgehead atoms. The number of carbonyl (C=O) groups is 1. The molecule has 1 aliphatic heterocycles. The van der Waals surface area contributed by atoms with Crippen LogP contribution < -0.4 is 5.32 Å². The van der Waals surface area contributed by atoms with Crippen molar-refractivity contribution in [1.29, 1.82) is 0 Å². The summed E-state index contributed by atoms with van der Waals surface area (Å²) in [7, 11) is 0. The molecular formula is C27H27N5O2S. The summed E-state index contributed by atoms with van der Waals surface area (Å²) in [6.07, 6.45) is 0. The van der Waals surface area contributed by atoms with Gasteiger partial charge in [-0.25, -0.2) is 0 Å². The number of aliphatic imine (C=N–C) groups is 1. The van der Waals surface area contributed by atoms with Gasteiger partial charge in [-0.05, 0) is 70.0 Å². The largest absolute Gasteiger partial charge is 0.481 e. The molecule has 8 heteroatoms. The van der Waals surface area contributed by atoms with Crippen molar-refractivity contribution in [3.05, 3.63) is 87.3 Å². The summed E-state index contributed by atoms with van der Waals surface area (Å²) in [5.74, 6) is -0.391. The molecule has 2 aromatic carbocycles. The molecule has 4 aromatic rings. The third-order valence-electron chi connectivity index (χ3n) is 6.52. The van der Waals surface area contributed by atoms with Crippen LogP contribution in [0.3, 0.4) is 0 Å². The minimum absolute atomic E-state index is 0.563. The molecule has 1 unspecified atom stereocenters. The van der Waals surface area contributed by atoms with Crippen LogP contribution in [0.1, 0.15) is 51.7 Å². The number of thiophene rings is 1. The number of anilines is 2. The Kier molecular flexibility index (Phi) is 5.76. The predicted octanol–water partition coefficient (Wildman–Crippen LogP) is 5.92. The van der Waals surface area contributed by atoms with Crippen molar-refractivity contribution in [2.75, 3.05) is 5.32 Å². The number of aliphatic carboxylic acids is 1. The number of carboxylic acids is 1. The molecule has 5 rings (SSSR count). The zero-order valence-electron chi connectivity index (χ0n) is 20.3. The Labute approximate surface area is 208 Å². The van der Waals surface area contributed by atoms with E-state index in [0.717, 1.165) is 44.6 Å². The Morgan fingerprint density at radius 1 is 1.06 bits per heavy atom. The molecule has 2 aromatic heterocycles. The third-order valence-corrected chi connectivity index (χ3v) is 7.71. The Morgan fingerprint density at radius 3 is 2.49 bits per heavy atom. The van der Waals surface area contributed by atoms with Crippen LogP contribution in [0.15, 0.2) is 53.5 Å². The van der Waals surface area contributed by atoms with Gasteiger partial charge >= 0.3 is 5.97 Å². The number of hydrogen-bond donors (Lipinski definition) is 2. The summed E-state index contributed by atoms with van der Waals surface area (Å²) in [6, 6.07) is 15.7. The van der Waals surface area contributed by atoms with E-state index in [9.17, 15) is 9.90 Å². The van der Waals surface area contributed by atoms with Gasteiger partial charge in [-0.15, -0.1) is 21.5 Å². The predicted molar refractivity (Wildman–Crippen MR) is 140 cm³/mol. The van der Waals surface area contributed by atoms with Crippen molar-refractivity contribution in [2.45, 2.75) is 40.7 Å². The Balaban J connectivity index is 1.63. The molecule has 0 amide bonds. The number of nitrogens with one attached hydrogen (secondary N) is 1. The lowest BCUT2D eigenvalue weighted by Crippen LogP contribution is -2.21. The second kappa shape index (κ2) is 8.78. The first-order valence-corrected chi connectivity index (χ1v) is 12.3. The molecule has 0 fully saturated rings. The van der Waals surface area contributed by atoms with Gasteiger partial charge in [-0.3, -0.25) is 14.4 Å². The number of aromatic nitrogens is 3. The van der Waals surface area contributed by atoms with Crippen molar-refractivity contribution < 1.29 is 9.90 Å². The van der Waals surface area contributed by atoms with Crippen molar-refractivity contribution in [2.24, 2.45) is 10.9 Å². The van der Waals surface area contributed by atoms with Crippen molar-refractivity contribution in [3.8, 4) is 5.00 Å². The van der Waals surface area contributed by atoms with Crippen molar-refractivity contribution >= 4 is 34.4 Å². The molecule has 3 heterocycles. The molecule has 7 nitrogen and oxygen atoms in total. The normalized spacial score (nSPS) is 15.6. The second-order valence-electron chi connectivity index (χ2n) is 9.03. The second-order valence-corrected chi connectivity index (χ2v) is 10.2. The monoisotopic (exact) mass is 485 g/mol. The van der Waals surface area contributed by atoms with E-state index in [4.69, 9.17) is 4.99 Å². The molecule has 0 aliphatic carbocycles. The quantitative estimate of drug-likeness (QED) is 0.366. The van der Waals surface area contributed by atoms with Crippen LogP contribution in [0, 0.1) is 33.6 Å². The van der Waals surface area contributed by atoms with Gasteiger partial charge < -0.3 is 10.4 Å². The SMILES string of the molecule is Cc1cccc(Nc2ccc(C3=NC([C@H](C)C(=O)O)c4nnc(C)n4-c4sc(C)c(C)c43)cc2)c1.